The lowest BCUT2D eigenvalue weighted by atomic mass is 10.1. The monoisotopic (exact) mass is 493 g/mol. The summed E-state index contributed by atoms with van der Waals surface area (Å²) in [6, 6.07) is 11.5. The molecule has 0 bridgehead atoms. The number of benzene rings is 2. The van der Waals surface area contributed by atoms with E-state index >= 15 is 0 Å². The van der Waals surface area contributed by atoms with Crippen molar-refractivity contribution in [2.45, 2.75) is 6.92 Å². The Hall–Kier alpha value is -2.32. The summed E-state index contributed by atoms with van der Waals surface area (Å²) in [6.45, 7) is 1.77. The number of rotatable bonds is 6. The molecule has 0 aliphatic rings. The number of aryl methyl sites for hydroxylation is 1. The van der Waals surface area contributed by atoms with Crippen LogP contribution in [-0.4, -0.2) is 30.8 Å². The van der Waals surface area contributed by atoms with Crippen molar-refractivity contribution in [3.8, 4) is 11.5 Å². The molecule has 8 heteroatoms. The number of methoxy groups -OCH3 is 1. The maximum atomic E-state index is 12.0. The van der Waals surface area contributed by atoms with Gasteiger partial charge in [0.25, 0.3) is 5.91 Å². The van der Waals surface area contributed by atoms with Gasteiger partial charge >= 0.3 is 0 Å². The summed E-state index contributed by atoms with van der Waals surface area (Å²) >= 11 is 6.78. The molecule has 0 aliphatic heterocycles. The summed E-state index contributed by atoms with van der Waals surface area (Å²) in [5, 5.41) is 5.09. The van der Waals surface area contributed by atoms with Crippen LogP contribution >= 0.6 is 31.9 Å². The van der Waals surface area contributed by atoms with Gasteiger partial charge in [-0.1, -0.05) is 34.1 Å². The summed E-state index contributed by atoms with van der Waals surface area (Å²) in [4.78, 5) is 15.3. The molecule has 2 aromatic carbocycles. The molecule has 0 spiro atoms. The molecule has 3 rings (SSSR count). The zero-order chi connectivity index (χ0) is 19.4. The van der Waals surface area contributed by atoms with E-state index in [1.807, 2.05) is 37.3 Å². The molecular weight excluding hydrogens is 478 g/mol. The van der Waals surface area contributed by atoms with Gasteiger partial charge in [0, 0.05) is 26.6 Å². The number of aromatic nitrogens is 1. The van der Waals surface area contributed by atoms with Crippen LogP contribution in [0.5, 0.6) is 11.5 Å². The molecule has 140 valence electrons. The van der Waals surface area contributed by atoms with Gasteiger partial charge in [-0.15, -0.1) is 0 Å². The van der Waals surface area contributed by atoms with E-state index < -0.39 is 0 Å². The summed E-state index contributed by atoms with van der Waals surface area (Å²) < 4.78 is 12.4. The first kappa shape index (κ1) is 19.4. The average Bonchev–Trinajstić information content (AvgIpc) is 2.96. The van der Waals surface area contributed by atoms with Gasteiger partial charge in [-0.3, -0.25) is 4.79 Å². The van der Waals surface area contributed by atoms with Crippen molar-refractivity contribution in [1.82, 2.24) is 10.4 Å². The second-order valence-corrected chi connectivity index (χ2v) is 7.48. The lowest BCUT2D eigenvalue weighted by Gasteiger charge is -2.12. The molecule has 1 heterocycles. The molecule has 0 radical (unpaired) electrons. The van der Waals surface area contributed by atoms with Crippen LogP contribution in [-0.2, 0) is 4.79 Å². The van der Waals surface area contributed by atoms with Crippen LogP contribution in [0.15, 0.2) is 50.4 Å². The fourth-order valence-electron chi connectivity index (χ4n) is 2.63. The standard InChI is InChI=1S/C19H17Br2N3O3/c1-11-14(13-5-3-4-6-16(13)23-11)9-22-24-18(25)10-27-19-15(21)7-12(20)8-17(19)26-2/h3-9,23H,10H2,1-2H3,(H,24,25)/b22-9-. The zero-order valence-corrected chi connectivity index (χ0v) is 17.8. The van der Waals surface area contributed by atoms with Crippen LogP contribution in [0.1, 0.15) is 11.3 Å². The van der Waals surface area contributed by atoms with Crippen molar-refractivity contribution in [1.29, 1.82) is 0 Å². The minimum Gasteiger partial charge on any atom is -0.493 e. The molecule has 1 amide bonds. The zero-order valence-electron chi connectivity index (χ0n) is 14.7. The average molecular weight is 495 g/mol. The molecule has 3 aromatic rings. The smallest absolute Gasteiger partial charge is 0.277 e. The highest BCUT2D eigenvalue weighted by atomic mass is 79.9. The second-order valence-electron chi connectivity index (χ2n) is 5.71. The maximum Gasteiger partial charge on any atom is 0.277 e. The fourth-order valence-corrected chi connectivity index (χ4v) is 3.93. The van der Waals surface area contributed by atoms with Gasteiger partial charge in [0.2, 0.25) is 0 Å². The second kappa shape index (κ2) is 8.58. The Morgan fingerprint density at radius 1 is 1.30 bits per heavy atom. The topological polar surface area (TPSA) is 75.7 Å². The van der Waals surface area contributed by atoms with E-state index in [9.17, 15) is 4.79 Å². The predicted octanol–water partition coefficient (Wildman–Crippen LogP) is 4.54. The number of H-pyrrole nitrogens is 1. The van der Waals surface area contributed by atoms with Crippen LogP contribution in [0, 0.1) is 6.92 Å². The number of ether oxygens (including phenoxy) is 2. The number of nitrogens with one attached hydrogen (secondary N) is 2. The van der Waals surface area contributed by atoms with Gasteiger partial charge in [-0.05, 0) is 41.1 Å². The molecule has 27 heavy (non-hydrogen) atoms. The number of hydrogen-bond donors (Lipinski definition) is 2. The molecule has 1 aromatic heterocycles. The third kappa shape index (κ3) is 4.51. The molecule has 0 saturated carbocycles. The van der Waals surface area contributed by atoms with E-state index in [4.69, 9.17) is 9.47 Å². The lowest BCUT2D eigenvalue weighted by molar-refractivity contribution is -0.123. The van der Waals surface area contributed by atoms with Crippen LogP contribution in [0.4, 0.5) is 0 Å². The number of nitrogens with zero attached hydrogens (tertiary/aromatic N) is 1. The normalized spacial score (nSPS) is 11.1. The molecule has 0 atom stereocenters. The summed E-state index contributed by atoms with van der Waals surface area (Å²) in [7, 11) is 1.54. The Kier molecular flexibility index (Phi) is 6.18. The highest BCUT2D eigenvalue weighted by molar-refractivity contribution is 9.11. The first-order valence-electron chi connectivity index (χ1n) is 8.04. The summed E-state index contributed by atoms with van der Waals surface area (Å²) in [6.07, 6.45) is 1.63. The van der Waals surface area contributed by atoms with Crippen LogP contribution in [0.3, 0.4) is 0 Å². The first-order chi connectivity index (χ1) is 13.0. The van der Waals surface area contributed by atoms with Crippen molar-refractivity contribution in [3.63, 3.8) is 0 Å². The van der Waals surface area contributed by atoms with E-state index in [1.54, 1.807) is 12.3 Å². The number of para-hydroxylation sites is 1. The first-order valence-corrected chi connectivity index (χ1v) is 9.63. The van der Waals surface area contributed by atoms with E-state index in [-0.39, 0.29) is 12.5 Å². The summed E-state index contributed by atoms with van der Waals surface area (Å²) in [5.74, 6) is 0.592. The molecule has 0 unspecified atom stereocenters. The van der Waals surface area contributed by atoms with E-state index in [1.165, 1.54) is 7.11 Å². The van der Waals surface area contributed by atoms with Crippen molar-refractivity contribution >= 4 is 54.9 Å². The molecule has 6 nitrogen and oxygen atoms in total. The number of carbonyl (C=O) groups excluding carboxylic acids is 1. The molecule has 0 fully saturated rings. The Morgan fingerprint density at radius 2 is 2.07 bits per heavy atom. The number of carbonyl (C=O) groups is 1. The number of amides is 1. The minimum atomic E-state index is -0.374. The number of aromatic amines is 1. The third-order valence-electron chi connectivity index (χ3n) is 3.87. The quantitative estimate of drug-likeness (QED) is 0.390. The van der Waals surface area contributed by atoms with Crippen LogP contribution in [0.2, 0.25) is 0 Å². The fraction of sp³-hybridized carbons (Fsp3) is 0.158. The minimum absolute atomic E-state index is 0.194. The number of hydrogen-bond acceptors (Lipinski definition) is 4. The van der Waals surface area contributed by atoms with Gasteiger partial charge in [-0.25, -0.2) is 5.43 Å². The predicted molar refractivity (Wildman–Crippen MR) is 113 cm³/mol. The van der Waals surface area contributed by atoms with E-state index in [0.717, 1.165) is 26.6 Å². The lowest BCUT2D eigenvalue weighted by Crippen LogP contribution is -2.24. The molecule has 0 saturated heterocycles. The molecular formula is C19H17Br2N3O3. The van der Waals surface area contributed by atoms with Crippen molar-refractivity contribution < 1.29 is 14.3 Å². The largest absolute Gasteiger partial charge is 0.493 e. The van der Waals surface area contributed by atoms with Crippen molar-refractivity contribution in [2.24, 2.45) is 5.10 Å². The highest BCUT2D eigenvalue weighted by Gasteiger charge is 2.13. The SMILES string of the molecule is COc1cc(Br)cc(Br)c1OCC(=O)N/N=C\c1c(C)[nH]c2ccccc12. The van der Waals surface area contributed by atoms with Gasteiger partial charge in [0.05, 0.1) is 17.8 Å². The van der Waals surface area contributed by atoms with E-state index in [2.05, 4.69) is 47.4 Å². The van der Waals surface area contributed by atoms with Gasteiger partial charge in [-0.2, -0.15) is 5.10 Å². The van der Waals surface area contributed by atoms with Gasteiger partial charge in [0.15, 0.2) is 18.1 Å². The molecule has 0 aliphatic carbocycles. The third-order valence-corrected chi connectivity index (χ3v) is 4.92. The van der Waals surface area contributed by atoms with Crippen molar-refractivity contribution in [2.75, 3.05) is 13.7 Å². The maximum absolute atomic E-state index is 12.0. The number of hydrazone groups is 1. The van der Waals surface area contributed by atoms with Gasteiger partial charge in [0.1, 0.15) is 0 Å². The Balaban J connectivity index is 1.64. The molecule has 2 N–H and O–H groups in total. The van der Waals surface area contributed by atoms with Crippen LogP contribution in [0.25, 0.3) is 10.9 Å². The Labute approximate surface area is 173 Å². The van der Waals surface area contributed by atoms with Gasteiger partial charge < -0.3 is 14.5 Å². The Bertz CT molecular complexity index is 1010. The number of fused-ring (bicyclic) bond motifs is 1. The highest BCUT2D eigenvalue weighted by Crippen LogP contribution is 2.38. The van der Waals surface area contributed by atoms with Crippen LogP contribution < -0.4 is 14.9 Å². The van der Waals surface area contributed by atoms with E-state index in [0.29, 0.717) is 16.0 Å². The summed E-state index contributed by atoms with van der Waals surface area (Å²) in [5.41, 5.74) is 5.42. The van der Waals surface area contributed by atoms with Crippen molar-refractivity contribution in [3.05, 3.63) is 56.6 Å². The Morgan fingerprint density at radius 3 is 2.85 bits per heavy atom. The number of halogens is 2.